The van der Waals surface area contributed by atoms with Crippen molar-refractivity contribution in [2.75, 3.05) is 19.0 Å². The van der Waals surface area contributed by atoms with Gasteiger partial charge in [-0.25, -0.2) is 0 Å². The van der Waals surface area contributed by atoms with E-state index in [-0.39, 0.29) is 17.9 Å². The average Bonchev–Trinajstić information content (AvgIpc) is 2.65. The molecule has 1 amide bonds. The van der Waals surface area contributed by atoms with Crippen molar-refractivity contribution in [3.63, 3.8) is 0 Å². The Labute approximate surface area is 159 Å². The van der Waals surface area contributed by atoms with Crippen LogP contribution < -0.4 is 14.8 Å². The molecule has 1 N–H and O–H groups in total. The molecule has 1 aliphatic heterocycles. The van der Waals surface area contributed by atoms with Gasteiger partial charge in [-0.2, -0.15) is 0 Å². The number of nitrogens with one attached hydrogen (secondary N) is 1. The number of ether oxygens (including phenoxy) is 2. The van der Waals surface area contributed by atoms with Crippen molar-refractivity contribution in [2.24, 2.45) is 5.92 Å². The summed E-state index contributed by atoms with van der Waals surface area (Å²) in [5.74, 6) is 2.22. The summed E-state index contributed by atoms with van der Waals surface area (Å²) in [6.07, 6.45) is 0. The summed E-state index contributed by atoms with van der Waals surface area (Å²) < 4.78 is 11.3. The minimum absolute atomic E-state index is 0.0341. The second kappa shape index (κ2) is 8.49. The molecule has 3 rings (SSSR count). The van der Waals surface area contributed by atoms with E-state index < -0.39 is 0 Å². The highest BCUT2D eigenvalue weighted by molar-refractivity contribution is 8.00. The Morgan fingerprint density at radius 3 is 2.58 bits per heavy atom. The lowest BCUT2D eigenvalue weighted by atomic mass is 9.95. The predicted molar refractivity (Wildman–Crippen MR) is 105 cm³/mol. The molecule has 0 spiro atoms. The molecule has 26 heavy (non-hydrogen) atoms. The number of hydrogen-bond acceptors (Lipinski definition) is 4. The molecule has 2 aromatic carbocycles. The van der Waals surface area contributed by atoms with Crippen LogP contribution in [0, 0.1) is 12.8 Å². The summed E-state index contributed by atoms with van der Waals surface area (Å²) in [5, 5.41) is 3.17. The van der Waals surface area contributed by atoms with Crippen LogP contribution in [0.4, 0.5) is 0 Å². The lowest BCUT2D eigenvalue weighted by Gasteiger charge is -2.25. The fourth-order valence-electron chi connectivity index (χ4n) is 2.97. The van der Waals surface area contributed by atoms with E-state index in [2.05, 4.69) is 32.2 Å². The van der Waals surface area contributed by atoms with Gasteiger partial charge < -0.3 is 14.8 Å². The van der Waals surface area contributed by atoms with Crippen LogP contribution in [0.3, 0.4) is 0 Å². The Morgan fingerprint density at radius 2 is 1.85 bits per heavy atom. The Kier molecular flexibility index (Phi) is 6.09. The zero-order chi connectivity index (χ0) is 18.5. The predicted octanol–water partition coefficient (Wildman–Crippen LogP) is 4.37. The van der Waals surface area contributed by atoms with E-state index >= 15 is 0 Å². The minimum Gasteiger partial charge on any atom is -0.486 e. The normalized spacial score (nSPS) is 14.2. The molecule has 0 unspecified atom stereocenters. The maximum atomic E-state index is 12.5. The van der Waals surface area contributed by atoms with Crippen LogP contribution in [0.5, 0.6) is 11.5 Å². The zero-order valence-corrected chi connectivity index (χ0v) is 16.3. The fourth-order valence-corrected chi connectivity index (χ4v) is 3.81. The highest BCUT2D eigenvalue weighted by atomic mass is 32.2. The first-order valence-electron chi connectivity index (χ1n) is 8.92. The number of hydrogen-bond donors (Lipinski definition) is 1. The van der Waals surface area contributed by atoms with Gasteiger partial charge in [0.2, 0.25) is 5.91 Å². The molecular formula is C21H25NO3S. The van der Waals surface area contributed by atoms with E-state index in [1.165, 1.54) is 5.56 Å². The van der Waals surface area contributed by atoms with Crippen LogP contribution >= 0.6 is 11.8 Å². The fraction of sp³-hybridized carbons (Fsp3) is 0.381. The van der Waals surface area contributed by atoms with Crippen LogP contribution in [-0.4, -0.2) is 24.9 Å². The molecule has 4 nitrogen and oxygen atoms in total. The van der Waals surface area contributed by atoms with Gasteiger partial charge in [0.25, 0.3) is 0 Å². The maximum absolute atomic E-state index is 12.5. The number of fused-ring (bicyclic) bond motifs is 1. The monoisotopic (exact) mass is 371 g/mol. The molecule has 5 heteroatoms. The van der Waals surface area contributed by atoms with Gasteiger partial charge in [0.05, 0.1) is 11.8 Å². The molecule has 1 heterocycles. The topological polar surface area (TPSA) is 47.6 Å². The number of benzene rings is 2. The van der Waals surface area contributed by atoms with Gasteiger partial charge in [0, 0.05) is 4.90 Å². The molecule has 0 saturated heterocycles. The minimum atomic E-state index is -0.0594. The molecule has 0 fully saturated rings. The third-order valence-corrected chi connectivity index (χ3v) is 5.54. The first kappa shape index (κ1) is 18.6. The summed E-state index contributed by atoms with van der Waals surface area (Å²) in [5.41, 5.74) is 2.23. The largest absolute Gasteiger partial charge is 0.486 e. The number of carbonyl (C=O) groups excluding carboxylic acids is 1. The number of thioether (sulfide) groups is 1. The lowest BCUT2D eigenvalue weighted by Crippen LogP contribution is -2.33. The first-order valence-corrected chi connectivity index (χ1v) is 9.90. The van der Waals surface area contributed by atoms with Crippen molar-refractivity contribution >= 4 is 17.7 Å². The molecule has 1 aliphatic rings. The zero-order valence-electron chi connectivity index (χ0n) is 15.5. The molecule has 138 valence electrons. The molecule has 0 aromatic heterocycles. The van der Waals surface area contributed by atoms with Crippen molar-refractivity contribution < 1.29 is 14.3 Å². The van der Waals surface area contributed by atoms with E-state index in [9.17, 15) is 4.79 Å². The van der Waals surface area contributed by atoms with E-state index in [4.69, 9.17) is 9.47 Å². The first-order chi connectivity index (χ1) is 12.5. The van der Waals surface area contributed by atoms with E-state index in [0.717, 1.165) is 22.0 Å². The number of amides is 1. The van der Waals surface area contributed by atoms with Gasteiger partial charge >= 0.3 is 0 Å². The highest BCUT2D eigenvalue weighted by Crippen LogP contribution is 2.34. The van der Waals surface area contributed by atoms with E-state index in [0.29, 0.717) is 19.0 Å². The van der Waals surface area contributed by atoms with Crippen LogP contribution in [0.1, 0.15) is 31.0 Å². The van der Waals surface area contributed by atoms with Crippen molar-refractivity contribution in [2.45, 2.75) is 31.7 Å². The molecule has 1 atom stereocenters. The van der Waals surface area contributed by atoms with Crippen LogP contribution in [0.15, 0.2) is 47.4 Å². The molecule has 0 aliphatic carbocycles. The van der Waals surface area contributed by atoms with Gasteiger partial charge in [0.15, 0.2) is 11.5 Å². The summed E-state index contributed by atoms with van der Waals surface area (Å²) >= 11 is 1.57. The van der Waals surface area contributed by atoms with Gasteiger partial charge in [-0.05, 0) is 42.2 Å². The lowest BCUT2D eigenvalue weighted by molar-refractivity contribution is -0.119. The van der Waals surface area contributed by atoms with Crippen LogP contribution in [-0.2, 0) is 4.79 Å². The summed E-state index contributed by atoms with van der Waals surface area (Å²) in [4.78, 5) is 13.7. The van der Waals surface area contributed by atoms with E-state index in [1.807, 2.05) is 36.4 Å². The molecule has 2 aromatic rings. The Balaban J connectivity index is 1.66. The van der Waals surface area contributed by atoms with Crippen molar-refractivity contribution in [1.29, 1.82) is 0 Å². The SMILES string of the molecule is Cc1ccccc1SCC(=O)N[C@@H](c1ccc2c(c1)OCCO2)C(C)C. The van der Waals surface area contributed by atoms with Gasteiger partial charge in [0.1, 0.15) is 13.2 Å². The molecule has 0 bridgehead atoms. The summed E-state index contributed by atoms with van der Waals surface area (Å²) in [6.45, 7) is 7.41. The molecule has 0 radical (unpaired) electrons. The van der Waals surface area contributed by atoms with Gasteiger partial charge in [-0.15, -0.1) is 11.8 Å². The smallest absolute Gasteiger partial charge is 0.230 e. The third kappa shape index (κ3) is 4.52. The summed E-state index contributed by atoms with van der Waals surface area (Å²) in [7, 11) is 0. The number of rotatable bonds is 6. The average molecular weight is 372 g/mol. The number of aryl methyl sites for hydroxylation is 1. The molecular weight excluding hydrogens is 346 g/mol. The molecule has 0 saturated carbocycles. The highest BCUT2D eigenvalue weighted by Gasteiger charge is 2.21. The Morgan fingerprint density at radius 1 is 1.12 bits per heavy atom. The van der Waals surface area contributed by atoms with Crippen LogP contribution in [0.2, 0.25) is 0 Å². The Hall–Kier alpha value is -2.14. The Bertz CT molecular complexity index is 776. The quantitative estimate of drug-likeness (QED) is 0.766. The van der Waals surface area contributed by atoms with Gasteiger partial charge in [-0.1, -0.05) is 38.1 Å². The second-order valence-electron chi connectivity index (χ2n) is 6.75. The van der Waals surface area contributed by atoms with Crippen molar-refractivity contribution in [1.82, 2.24) is 5.32 Å². The van der Waals surface area contributed by atoms with Crippen molar-refractivity contribution in [3.8, 4) is 11.5 Å². The second-order valence-corrected chi connectivity index (χ2v) is 7.76. The standard InChI is InChI=1S/C21H25NO3S/c1-14(2)21(16-8-9-17-18(12-16)25-11-10-24-17)22-20(23)13-26-19-7-5-4-6-15(19)3/h4-9,12,14,21H,10-11,13H2,1-3H3,(H,22,23)/t21-/m1/s1. The number of carbonyl (C=O) groups is 1. The third-order valence-electron chi connectivity index (χ3n) is 4.36. The van der Waals surface area contributed by atoms with E-state index in [1.54, 1.807) is 11.8 Å². The van der Waals surface area contributed by atoms with Gasteiger partial charge in [-0.3, -0.25) is 4.79 Å². The van der Waals surface area contributed by atoms with Crippen molar-refractivity contribution in [3.05, 3.63) is 53.6 Å². The maximum Gasteiger partial charge on any atom is 0.230 e. The summed E-state index contributed by atoms with van der Waals surface area (Å²) in [6, 6.07) is 14.0. The van der Waals surface area contributed by atoms with Crippen LogP contribution in [0.25, 0.3) is 0 Å².